The van der Waals surface area contributed by atoms with E-state index in [0.29, 0.717) is 0 Å². The van der Waals surface area contributed by atoms with Crippen LogP contribution >= 0.6 is 0 Å². The number of hydrogen-bond donors (Lipinski definition) is 1. The highest BCUT2D eigenvalue weighted by Crippen LogP contribution is 2.34. The van der Waals surface area contributed by atoms with Crippen molar-refractivity contribution < 1.29 is 9.53 Å². The Morgan fingerprint density at radius 1 is 1.35 bits per heavy atom. The first kappa shape index (κ1) is 13.7. The van der Waals surface area contributed by atoms with Gasteiger partial charge in [-0.15, -0.1) is 0 Å². The van der Waals surface area contributed by atoms with Crippen molar-refractivity contribution >= 4 is 5.97 Å². The molecule has 17 heavy (non-hydrogen) atoms. The predicted molar refractivity (Wildman–Crippen MR) is 68.6 cm³/mol. The van der Waals surface area contributed by atoms with Gasteiger partial charge in [-0.1, -0.05) is 23.8 Å². The molecule has 0 saturated carbocycles. The summed E-state index contributed by atoms with van der Waals surface area (Å²) in [5.41, 5.74) is 8.76. The molecule has 1 rings (SSSR count). The first-order valence-corrected chi connectivity index (χ1v) is 5.72. The summed E-state index contributed by atoms with van der Waals surface area (Å²) >= 11 is 0. The van der Waals surface area contributed by atoms with Gasteiger partial charge in [-0.25, -0.2) is 0 Å². The predicted octanol–water partition coefficient (Wildman–Crippen LogP) is 2.50. The third-order valence-electron chi connectivity index (χ3n) is 3.25. The van der Waals surface area contributed by atoms with E-state index in [1.165, 1.54) is 12.7 Å². The monoisotopic (exact) mass is 235 g/mol. The van der Waals surface area contributed by atoms with Gasteiger partial charge in [0.2, 0.25) is 0 Å². The van der Waals surface area contributed by atoms with E-state index in [9.17, 15) is 4.79 Å². The highest BCUT2D eigenvalue weighted by Gasteiger charge is 2.37. The molecule has 3 heteroatoms. The van der Waals surface area contributed by atoms with Gasteiger partial charge in [0.05, 0.1) is 12.5 Å². The molecule has 1 atom stereocenters. The maximum absolute atomic E-state index is 11.7. The van der Waals surface area contributed by atoms with Crippen molar-refractivity contribution in [1.82, 2.24) is 0 Å². The molecular weight excluding hydrogens is 214 g/mol. The number of hydrogen-bond acceptors (Lipinski definition) is 3. The quantitative estimate of drug-likeness (QED) is 0.819. The van der Waals surface area contributed by atoms with Crippen LogP contribution in [0.1, 0.15) is 36.6 Å². The minimum absolute atomic E-state index is 0.287. The van der Waals surface area contributed by atoms with Crippen molar-refractivity contribution in [3.63, 3.8) is 0 Å². The van der Waals surface area contributed by atoms with E-state index in [-0.39, 0.29) is 12.0 Å². The van der Waals surface area contributed by atoms with Gasteiger partial charge in [0.25, 0.3) is 0 Å². The van der Waals surface area contributed by atoms with Gasteiger partial charge in [-0.2, -0.15) is 0 Å². The van der Waals surface area contributed by atoms with Gasteiger partial charge in [-0.3, -0.25) is 4.79 Å². The highest BCUT2D eigenvalue weighted by molar-refractivity contribution is 5.77. The smallest absolute Gasteiger partial charge is 0.313 e. The zero-order valence-corrected chi connectivity index (χ0v) is 11.2. The molecule has 0 spiro atoms. The van der Waals surface area contributed by atoms with Crippen molar-refractivity contribution in [2.45, 2.75) is 33.7 Å². The molecule has 94 valence electrons. The van der Waals surface area contributed by atoms with Crippen LogP contribution in [0.15, 0.2) is 18.2 Å². The van der Waals surface area contributed by atoms with Crippen LogP contribution in [0, 0.1) is 19.3 Å². The largest absolute Gasteiger partial charge is 0.469 e. The normalized spacial score (nSPS) is 13.3. The fourth-order valence-corrected chi connectivity index (χ4v) is 1.95. The fourth-order valence-electron chi connectivity index (χ4n) is 1.95. The summed E-state index contributed by atoms with van der Waals surface area (Å²) in [5.74, 6) is -0.287. The number of benzene rings is 1. The van der Waals surface area contributed by atoms with Gasteiger partial charge < -0.3 is 10.5 Å². The van der Waals surface area contributed by atoms with Crippen molar-refractivity contribution in [2.24, 2.45) is 11.1 Å². The Labute approximate surface area is 103 Å². The highest BCUT2D eigenvalue weighted by atomic mass is 16.5. The Balaban J connectivity index is 3.11. The average Bonchev–Trinajstić information content (AvgIpc) is 2.27. The third-order valence-corrected chi connectivity index (χ3v) is 3.25. The van der Waals surface area contributed by atoms with Crippen LogP contribution in [-0.2, 0) is 9.53 Å². The fraction of sp³-hybridized carbons (Fsp3) is 0.500. The van der Waals surface area contributed by atoms with Gasteiger partial charge in [0, 0.05) is 6.04 Å². The Morgan fingerprint density at radius 2 is 1.94 bits per heavy atom. The lowest BCUT2D eigenvalue weighted by atomic mass is 9.79. The summed E-state index contributed by atoms with van der Waals surface area (Å²) in [6.07, 6.45) is 0. The lowest BCUT2D eigenvalue weighted by molar-refractivity contribution is -0.152. The molecule has 3 nitrogen and oxygen atoms in total. The zero-order chi connectivity index (χ0) is 13.2. The van der Waals surface area contributed by atoms with Crippen LogP contribution in [0.25, 0.3) is 0 Å². The molecule has 1 aromatic carbocycles. The number of nitrogens with two attached hydrogens (primary N) is 1. The van der Waals surface area contributed by atoms with Gasteiger partial charge in [0.1, 0.15) is 0 Å². The Kier molecular flexibility index (Phi) is 3.94. The van der Waals surface area contributed by atoms with E-state index in [1.807, 2.05) is 39.8 Å². The topological polar surface area (TPSA) is 52.3 Å². The number of aryl methyl sites for hydroxylation is 2. The summed E-state index contributed by atoms with van der Waals surface area (Å²) in [6, 6.07) is 5.70. The van der Waals surface area contributed by atoms with Crippen LogP contribution in [0.3, 0.4) is 0 Å². The third kappa shape index (κ3) is 2.67. The molecule has 0 saturated heterocycles. The van der Waals surface area contributed by atoms with Crippen LogP contribution in [0.2, 0.25) is 0 Å². The van der Waals surface area contributed by atoms with Crippen molar-refractivity contribution in [3.8, 4) is 0 Å². The van der Waals surface area contributed by atoms with Gasteiger partial charge in [-0.05, 0) is 38.8 Å². The molecule has 0 aliphatic heterocycles. The molecule has 0 aliphatic carbocycles. The molecule has 0 fully saturated rings. The maximum Gasteiger partial charge on any atom is 0.313 e. The lowest BCUT2D eigenvalue weighted by Gasteiger charge is -2.30. The van der Waals surface area contributed by atoms with Crippen LogP contribution < -0.4 is 5.73 Å². The number of methoxy groups -OCH3 is 1. The maximum atomic E-state index is 11.7. The van der Waals surface area contributed by atoms with E-state index in [0.717, 1.165) is 11.1 Å². The summed E-state index contributed by atoms with van der Waals surface area (Å²) in [5, 5.41) is 0. The average molecular weight is 235 g/mol. The van der Waals surface area contributed by atoms with E-state index in [1.54, 1.807) is 0 Å². The molecule has 0 radical (unpaired) electrons. The lowest BCUT2D eigenvalue weighted by Crippen LogP contribution is -2.37. The standard InChI is InChI=1S/C14H21NO2/c1-9-6-7-11(10(2)8-9)12(15)14(3,4)13(16)17-5/h6-8,12H,15H2,1-5H3/t12-/m1/s1. The first-order chi connectivity index (χ1) is 7.80. The molecular formula is C14H21NO2. The number of carbonyl (C=O) groups is 1. The molecule has 0 bridgehead atoms. The van der Waals surface area contributed by atoms with Crippen LogP contribution in [0.4, 0.5) is 0 Å². The Morgan fingerprint density at radius 3 is 2.41 bits per heavy atom. The van der Waals surface area contributed by atoms with Crippen molar-refractivity contribution in [1.29, 1.82) is 0 Å². The molecule has 0 heterocycles. The molecule has 0 aromatic heterocycles. The Hall–Kier alpha value is -1.35. The van der Waals surface area contributed by atoms with Gasteiger partial charge in [0.15, 0.2) is 0 Å². The minimum atomic E-state index is -0.727. The molecule has 0 aliphatic rings. The second-order valence-electron chi connectivity index (χ2n) is 5.05. The van der Waals surface area contributed by atoms with Crippen molar-refractivity contribution in [2.75, 3.05) is 7.11 Å². The second kappa shape index (κ2) is 4.88. The van der Waals surface area contributed by atoms with Gasteiger partial charge >= 0.3 is 5.97 Å². The van der Waals surface area contributed by atoms with E-state index < -0.39 is 5.41 Å². The van der Waals surface area contributed by atoms with E-state index in [2.05, 4.69) is 6.07 Å². The van der Waals surface area contributed by atoms with E-state index in [4.69, 9.17) is 10.5 Å². The second-order valence-corrected chi connectivity index (χ2v) is 5.05. The molecule has 0 unspecified atom stereocenters. The Bertz CT molecular complexity index is 424. The summed E-state index contributed by atoms with van der Waals surface area (Å²) in [6.45, 7) is 7.66. The van der Waals surface area contributed by atoms with Crippen molar-refractivity contribution in [3.05, 3.63) is 34.9 Å². The summed E-state index contributed by atoms with van der Waals surface area (Å²) < 4.78 is 4.80. The van der Waals surface area contributed by atoms with E-state index >= 15 is 0 Å². The minimum Gasteiger partial charge on any atom is -0.469 e. The number of rotatable bonds is 3. The SMILES string of the molecule is COC(=O)C(C)(C)[C@H](N)c1ccc(C)cc1C. The van der Waals surface area contributed by atoms with Crippen LogP contribution in [-0.4, -0.2) is 13.1 Å². The summed E-state index contributed by atoms with van der Waals surface area (Å²) in [7, 11) is 1.39. The molecule has 1 aromatic rings. The summed E-state index contributed by atoms with van der Waals surface area (Å²) in [4.78, 5) is 11.7. The molecule has 2 N–H and O–H groups in total. The first-order valence-electron chi connectivity index (χ1n) is 5.72. The number of esters is 1. The molecule has 0 amide bonds. The number of ether oxygens (including phenoxy) is 1. The van der Waals surface area contributed by atoms with Crippen LogP contribution in [0.5, 0.6) is 0 Å². The zero-order valence-electron chi connectivity index (χ0n) is 11.2. The number of carbonyl (C=O) groups excluding carboxylic acids is 1.